The van der Waals surface area contributed by atoms with Crippen LogP contribution in [0.3, 0.4) is 0 Å². The molecule has 1 fully saturated rings. The van der Waals surface area contributed by atoms with Gasteiger partial charge in [-0.2, -0.15) is 8.42 Å². The molecular weight excluding hydrogens is 318 g/mol. The van der Waals surface area contributed by atoms with Crippen molar-refractivity contribution in [2.45, 2.75) is 37.7 Å². The van der Waals surface area contributed by atoms with Gasteiger partial charge in [0.25, 0.3) is 10.1 Å². The van der Waals surface area contributed by atoms with Gasteiger partial charge in [0, 0.05) is 13.1 Å². The molecule has 1 heterocycles. The molecule has 1 aromatic rings. The zero-order valence-corrected chi connectivity index (χ0v) is 14.5. The summed E-state index contributed by atoms with van der Waals surface area (Å²) in [6.07, 6.45) is 0.261. The maximum Gasteiger partial charge on any atom is 0.410 e. The minimum Gasteiger partial charge on any atom is -0.444 e. The molecule has 0 N–H and O–H groups in total. The molecule has 2 rings (SSSR count). The fourth-order valence-electron chi connectivity index (χ4n) is 2.21. The average Bonchev–Trinajstić information content (AvgIpc) is 2.40. The molecular formula is C16H23NO5S. The zero-order chi connectivity index (χ0) is 17.1. The van der Waals surface area contributed by atoms with Gasteiger partial charge in [0.1, 0.15) is 5.60 Å². The zero-order valence-electron chi connectivity index (χ0n) is 13.7. The second-order valence-corrected chi connectivity index (χ2v) is 8.24. The van der Waals surface area contributed by atoms with Crippen molar-refractivity contribution < 1.29 is 22.1 Å². The second kappa shape index (κ2) is 6.88. The number of ether oxygens (including phenoxy) is 1. The van der Waals surface area contributed by atoms with Crippen LogP contribution in [0.25, 0.3) is 0 Å². The first kappa shape index (κ1) is 17.7. The smallest absolute Gasteiger partial charge is 0.410 e. The third-order valence-electron chi connectivity index (χ3n) is 3.41. The first-order valence-electron chi connectivity index (χ1n) is 7.60. The highest BCUT2D eigenvalue weighted by molar-refractivity contribution is 7.86. The van der Waals surface area contributed by atoms with E-state index in [1.807, 2.05) is 20.8 Å². The van der Waals surface area contributed by atoms with E-state index >= 15 is 0 Å². The lowest BCUT2D eigenvalue weighted by molar-refractivity contribution is -0.00377. The first-order chi connectivity index (χ1) is 10.7. The molecule has 1 aliphatic heterocycles. The van der Waals surface area contributed by atoms with Crippen molar-refractivity contribution in [3.05, 3.63) is 30.3 Å². The van der Waals surface area contributed by atoms with Gasteiger partial charge in [-0.05, 0) is 45.2 Å². The van der Waals surface area contributed by atoms with Gasteiger partial charge in [0.15, 0.2) is 0 Å². The van der Waals surface area contributed by atoms with Gasteiger partial charge in [0.05, 0.1) is 11.5 Å². The Morgan fingerprint density at radius 2 is 1.83 bits per heavy atom. The van der Waals surface area contributed by atoms with Crippen molar-refractivity contribution >= 4 is 16.2 Å². The van der Waals surface area contributed by atoms with Crippen LogP contribution in [0.15, 0.2) is 35.2 Å². The number of carbonyl (C=O) groups excluding carboxylic acids is 1. The fraction of sp³-hybridized carbons (Fsp3) is 0.562. The summed E-state index contributed by atoms with van der Waals surface area (Å²) < 4.78 is 34.2. The van der Waals surface area contributed by atoms with E-state index in [-0.39, 0.29) is 23.5 Å². The summed E-state index contributed by atoms with van der Waals surface area (Å²) in [5.74, 6) is 0.244. The topological polar surface area (TPSA) is 72.9 Å². The van der Waals surface area contributed by atoms with Gasteiger partial charge >= 0.3 is 6.09 Å². The lowest BCUT2D eigenvalue weighted by Crippen LogP contribution is -2.51. The van der Waals surface area contributed by atoms with Crippen molar-refractivity contribution in [3.8, 4) is 0 Å². The Morgan fingerprint density at radius 3 is 2.39 bits per heavy atom. The van der Waals surface area contributed by atoms with Crippen LogP contribution in [0.1, 0.15) is 27.2 Å². The van der Waals surface area contributed by atoms with Crippen molar-refractivity contribution in [2.75, 3.05) is 19.7 Å². The van der Waals surface area contributed by atoms with Gasteiger partial charge in [0.2, 0.25) is 0 Å². The number of hydrogen-bond acceptors (Lipinski definition) is 5. The summed E-state index contributed by atoms with van der Waals surface area (Å²) in [6, 6.07) is 8.06. The molecule has 0 aliphatic carbocycles. The third kappa shape index (κ3) is 5.21. The molecule has 1 aliphatic rings. The van der Waals surface area contributed by atoms with E-state index in [0.29, 0.717) is 19.5 Å². The lowest BCUT2D eigenvalue weighted by atomic mass is 9.97. The third-order valence-corrected chi connectivity index (χ3v) is 4.73. The van der Waals surface area contributed by atoms with E-state index in [4.69, 9.17) is 8.92 Å². The summed E-state index contributed by atoms with van der Waals surface area (Å²) >= 11 is 0. The number of benzene rings is 1. The maximum atomic E-state index is 11.9. The summed E-state index contributed by atoms with van der Waals surface area (Å²) in [7, 11) is -3.70. The summed E-state index contributed by atoms with van der Waals surface area (Å²) in [5, 5.41) is 0. The van der Waals surface area contributed by atoms with Crippen LogP contribution < -0.4 is 0 Å². The Kier molecular flexibility index (Phi) is 5.31. The summed E-state index contributed by atoms with van der Waals surface area (Å²) in [6.45, 7) is 6.73. The fourth-order valence-corrected chi connectivity index (χ4v) is 3.15. The van der Waals surface area contributed by atoms with Crippen LogP contribution in [-0.4, -0.2) is 44.7 Å². The minimum atomic E-state index is -3.70. The average molecular weight is 341 g/mol. The molecule has 6 nitrogen and oxygen atoms in total. The van der Waals surface area contributed by atoms with Crippen LogP contribution >= 0.6 is 0 Å². The normalized spacial score (nSPS) is 16.0. The van der Waals surface area contributed by atoms with Crippen LogP contribution in [0, 0.1) is 5.92 Å². The van der Waals surface area contributed by atoms with E-state index in [1.165, 1.54) is 12.1 Å². The predicted molar refractivity (Wildman–Crippen MR) is 85.5 cm³/mol. The van der Waals surface area contributed by atoms with E-state index < -0.39 is 15.7 Å². The Hall–Kier alpha value is -1.60. The van der Waals surface area contributed by atoms with Gasteiger partial charge in [-0.3, -0.25) is 4.18 Å². The van der Waals surface area contributed by atoms with Gasteiger partial charge in [-0.15, -0.1) is 0 Å². The van der Waals surface area contributed by atoms with E-state index in [0.717, 1.165) is 0 Å². The minimum absolute atomic E-state index is 0.115. The van der Waals surface area contributed by atoms with Crippen LogP contribution in [0.4, 0.5) is 4.79 Å². The van der Waals surface area contributed by atoms with Crippen LogP contribution in [-0.2, 0) is 19.0 Å². The molecule has 1 amide bonds. The Labute approximate surface area is 137 Å². The highest BCUT2D eigenvalue weighted by Gasteiger charge is 2.33. The molecule has 23 heavy (non-hydrogen) atoms. The number of amides is 1. The SMILES string of the molecule is CC(C)(C)OC(=O)N1CC(CCOS(=O)(=O)c2ccccc2)C1. The maximum absolute atomic E-state index is 11.9. The lowest BCUT2D eigenvalue weighted by Gasteiger charge is -2.39. The molecule has 7 heteroatoms. The Morgan fingerprint density at radius 1 is 1.22 bits per heavy atom. The van der Waals surface area contributed by atoms with E-state index in [1.54, 1.807) is 23.1 Å². The first-order valence-corrected chi connectivity index (χ1v) is 9.00. The summed E-state index contributed by atoms with van der Waals surface area (Å²) in [4.78, 5) is 13.6. The molecule has 0 bridgehead atoms. The van der Waals surface area contributed by atoms with E-state index in [9.17, 15) is 13.2 Å². The molecule has 0 spiro atoms. The molecule has 0 unspecified atom stereocenters. The van der Waals surface area contributed by atoms with Gasteiger partial charge in [-0.1, -0.05) is 18.2 Å². The molecule has 128 valence electrons. The number of likely N-dealkylation sites (tertiary alicyclic amines) is 1. The number of hydrogen-bond donors (Lipinski definition) is 0. The molecule has 1 aromatic carbocycles. The molecule has 0 atom stereocenters. The second-order valence-electron chi connectivity index (χ2n) is 6.63. The van der Waals surface area contributed by atoms with Gasteiger partial charge < -0.3 is 9.64 Å². The predicted octanol–water partition coefficient (Wildman–Crippen LogP) is 2.65. The molecule has 0 aromatic heterocycles. The largest absolute Gasteiger partial charge is 0.444 e. The van der Waals surface area contributed by atoms with E-state index in [2.05, 4.69) is 0 Å². The monoisotopic (exact) mass is 341 g/mol. The van der Waals surface area contributed by atoms with Gasteiger partial charge in [-0.25, -0.2) is 4.79 Å². The number of nitrogens with zero attached hydrogens (tertiary/aromatic N) is 1. The van der Waals surface area contributed by atoms with Crippen LogP contribution in [0.5, 0.6) is 0 Å². The summed E-state index contributed by atoms with van der Waals surface area (Å²) in [5.41, 5.74) is -0.505. The number of carbonyl (C=O) groups is 1. The molecule has 0 saturated carbocycles. The highest BCUT2D eigenvalue weighted by atomic mass is 32.2. The highest BCUT2D eigenvalue weighted by Crippen LogP contribution is 2.22. The molecule has 1 saturated heterocycles. The number of rotatable bonds is 5. The Bertz CT molecular complexity index is 630. The van der Waals surface area contributed by atoms with Crippen molar-refractivity contribution in [1.82, 2.24) is 4.90 Å². The Balaban J connectivity index is 1.70. The van der Waals surface area contributed by atoms with Crippen molar-refractivity contribution in [2.24, 2.45) is 5.92 Å². The van der Waals surface area contributed by atoms with Crippen LogP contribution in [0.2, 0.25) is 0 Å². The quantitative estimate of drug-likeness (QED) is 0.770. The standard InChI is InChI=1S/C16H23NO5S/c1-16(2,3)22-15(18)17-11-13(12-17)9-10-21-23(19,20)14-7-5-4-6-8-14/h4-8,13H,9-12H2,1-3H3. The van der Waals surface area contributed by atoms with Crippen molar-refractivity contribution in [3.63, 3.8) is 0 Å². The van der Waals surface area contributed by atoms with Crippen molar-refractivity contribution in [1.29, 1.82) is 0 Å². The molecule has 0 radical (unpaired) electrons.